The van der Waals surface area contributed by atoms with Crippen molar-refractivity contribution in [2.24, 2.45) is 0 Å². The van der Waals surface area contributed by atoms with Gasteiger partial charge in [0.25, 0.3) is 0 Å². The first-order valence-electron chi connectivity index (χ1n) is 9.07. The van der Waals surface area contributed by atoms with Crippen molar-refractivity contribution in [2.75, 3.05) is 10.6 Å². The average molecular weight is 413 g/mol. The molecule has 2 aromatic heterocycles. The van der Waals surface area contributed by atoms with E-state index in [1.54, 1.807) is 18.2 Å². The molecule has 146 valence electrons. The molecule has 0 bridgehead atoms. The third-order valence-electron chi connectivity index (χ3n) is 4.70. The molecule has 5 rings (SSSR count). The highest BCUT2D eigenvalue weighted by Crippen LogP contribution is 2.40. The Morgan fingerprint density at radius 1 is 1.00 bits per heavy atom. The van der Waals surface area contributed by atoms with Gasteiger partial charge < -0.3 is 10.6 Å². The van der Waals surface area contributed by atoms with Crippen LogP contribution < -0.4 is 10.6 Å². The lowest BCUT2D eigenvalue weighted by Gasteiger charge is -2.11. The molecule has 1 aliphatic carbocycles. The van der Waals surface area contributed by atoms with Crippen molar-refractivity contribution in [3.8, 4) is 0 Å². The number of fused-ring (bicyclic) bond motifs is 1. The number of H-pyrrole nitrogens is 1. The second-order valence-electron chi connectivity index (χ2n) is 6.91. The molecule has 2 heterocycles. The molecule has 3 N–H and O–H groups in total. The molecule has 0 atom stereocenters. The van der Waals surface area contributed by atoms with Crippen LogP contribution in [0.25, 0.3) is 10.9 Å². The number of aromatic amines is 1. The maximum atomic E-state index is 14.0. The molecule has 0 saturated heterocycles. The zero-order valence-electron chi connectivity index (χ0n) is 15.0. The quantitative estimate of drug-likeness (QED) is 0.395. The Labute approximate surface area is 169 Å². The molecule has 0 amide bonds. The van der Waals surface area contributed by atoms with Gasteiger partial charge in [-0.2, -0.15) is 10.1 Å². The van der Waals surface area contributed by atoms with Crippen molar-refractivity contribution in [3.63, 3.8) is 0 Å². The molecule has 1 saturated carbocycles. The molecule has 0 aliphatic heterocycles. The lowest BCUT2D eigenvalue weighted by atomic mass is 10.2. The minimum Gasteiger partial charge on any atom is -0.323 e. The van der Waals surface area contributed by atoms with E-state index in [0.29, 0.717) is 33.5 Å². The number of nitrogens with one attached hydrogen (secondary N) is 3. The van der Waals surface area contributed by atoms with Gasteiger partial charge in [0.2, 0.25) is 5.95 Å². The third-order valence-corrected chi connectivity index (χ3v) is 4.93. The molecule has 1 aliphatic rings. The molecule has 29 heavy (non-hydrogen) atoms. The number of hydrogen-bond acceptors (Lipinski definition) is 5. The fraction of sp³-hybridized carbons (Fsp3) is 0.150. The summed E-state index contributed by atoms with van der Waals surface area (Å²) in [6.07, 6.45) is 2.32. The van der Waals surface area contributed by atoms with E-state index in [1.807, 2.05) is 6.07 Å². The summed E-state index contributed by atoms with van der Waals surface area (Å²) in [5.41, 5.74) is 1.76. The number of rotatable bonds is 5. The fourth-order valence-corrected chi connectivity index (χ4v) is 3.26. The minimum absolute atomic E-state index is 0.0708. The highest BCUT2D eigenvalue weighted by molar-refractivity contribution is 6.31. The number of anilines is 4. The van der Waals surface area contributed by atoms with Crippen molar-refractivity contribution in [2.45, 2.75) is 18.8 Å². The molecular weight excluding hydrogens is 398 g/mol. The van der Waals surface area contributed by atoms with Gasteiger partial charge in [-0.05, 0) is 43.2 Å². The van der Waals surface area contributed by atoms with Gasteiger partial charge in [0.1, 0.15) is 17.5 Å². The van der Waals surface area contributed by atoms with Crippen LogP contribution in [0.5, 0.6) is 0 Å². The van der Waals surface area contributed by atoms with Crippen LogP contribution in [-0.2, 0) is 0 Å². The van der Waals surface area contributed by atoms with Gasteiger partial charge in [-0.3, -0.25) is 5.10 Å². The Balaban J connectivity index is 1.53. The van der Waals surface area contributed by atoms with Crippen LogP contribution >= 0.6 is 11.6 Å². The molecule has 6 nitrogen and oxygen atoms in total. The summed E-state index contributed by atoms with van der Waals surface area (Å²) in [6.45, 7) is 0. The normalized spacial score (nSPS) is 13.6. The van der Waals surface area contributed by atoms with Crippen molar-refractivity contribution >= 4 is 45.8 Å². The molecule has 2 aromatic carbocycles. The predicted octanol–water partition coefficient (Wildman–Crippen LogP) is 5.65. The lowest BCUT2D eigenvalue weighted by Crippen LogP contribution is -2.03. The highest BCUT2D eigenvalue weighted by atomic mass is 35.5. The third kappa shape index (κ3) is 3.71. The van der Waals surface area contributed by atoms with E-state index in [1.165, 1.54) is 6.07 Å². The first-order valence-corrected chi connectivity index (χ1v) is 9.45. The second-order valence-corrected chi connectivity index (χ2v) is 7.35. The van der Waals surface area contributed by atoms with Crippen LogP contribution in [0.15, 0.2) is 42.5 Å². The Morgan fingerprint density at radius 3 is 2.66 bits per heavy atom. The zero-order chi connectivity index (χ0) is 20.0. The SMILES string of the molecule is Fc1ccc(Nc2nc(Nc3cc(C4CC4)[nH]n3)c3cc(Cl)ccc3n2)c(F)c1. The van der Waals surface area contributed by atoms with Crippen LogP contribution in [0.1, 0.15) is 24.5 Å². The van der Waals surface area contributed by atoms with E-state index in [2.05, 4.69) is 30.8 Å². The van der Waals surface area contributed by atoms with Gasteiger partial charge in [0.15, 0.2) is 5.82 Å². The van der Waals surface area contributed by atoms with E-state index in [-0.39, 0.29) is 11.6 Å². The number of nitrogens with zero attached hydrogens (tertiary/aromatic N) is 3. The number of aromatic nitrogens is 4. The Morgan fingerprint density at radius 2 is 1.86 bits per heavy atom. The van der Waals surface area contributed by atoms with E-state index in [0.717, 1.165) is 30.7 Å². The number of halogens is 3. The van der Waals surface area contributed by atoms with Crippen molar-refractivity contribution in [3.05, 3.63) is 64.8 Å². The van der Waals surface area contributed by atoms with Crippen molar-refractivity contribution in [1.82, 2.24) is 20.2 Å². The summed E-state index contributed by atoms with van der Waals surface area (Å²) in [6, 6.07) is 10.4. The van der Waals surface area contributed by atoms with Crippen LogP contribution in [0.3, 0.4) is 0 Å². The van der Waals surface area contributed by atoms with Gasteiger partial charge >= 0.3 is 0 Å². The topological polar surface area (TPSA) is 78.5 Å². The van der Waals surface area contributed by atoms with Crippen molar-refractivity contribution < 1.29 is 8.78 Å². The molecule has 9 heteroatoms. The molecule has 0 spiro atoms. The molecule has 0 unspecified atom stereocenters. The molecule has 4 aromatic rings. The maximum Gasteiger partial charge on any atom is 0.229 e. The predicted molar refractivity (Wildman–Crippen MR) is 108 cm³/mol. The largest absolute Gasteiger partial charge is 0.323 e. The van der Waals surface area contributed by atoms with E-state index >= 15 is 0 Å². The van der Waals surface area contributed by atoms with Crippen LogP contribution in [0.2, 0.25) is 5.02 Å². The molecular formula is C20H15ClF2N6. The van der Waals surface area contributed by atoms with E-state index in [4.69, 9.17) is 11.6 Å². The first kappa shape index (κ1) is 17.8. The summed E-state index contributed by atoms with van der Waals surface area (Å²) >= 11 is 6.15. The standard InChI is InChI=1S/C20H15ClF2N6/c21-11-3-5-15-13(7-11)19(26-18-9-17(28-29-18)10-1-2-10)27-20(24-15)25-16-6-4-12(22)8-14(16)23/h3-10H,1-2H2,(H3,24,25,26,27,28,29). The van der Waals surface area contributed by atoms with E-state index < -0.39 is 11.6 Å². The van der Waals surface area contributed by atoms with Gasteiger partial charge in [0, 0.05) is 34.2 Å². The second kappa shape index (κ2) is 6.97. The van der Waals surface area contributed by atoms with Gasteiger partial charge in [-0.15, -0.1) is 0 Å². The molecule has 0 radical (unpaired) electrons. The maximum absolute atomic E-state index is 14.0. The van der Waals surface area contributed by atoms with Gasteiger partial charge in [-0.25, -0.2) is 13.8 Å². The summed E-state index contributed by atoms with van der Waals surface area (Å²) in [7, 11) is 0. The Kier molecular flexibility index (Phi) is 4.28. The number of benzene rings is 2. The van der Waals surface area contributed by atoms with Crippen LogP contribution in [0.4, 0.5) is 32.1 Å². The number of hydrogen-bond donors (Lipinski definition) is 3. The zero-order valence-corrected chi connectivity index (χ0v) is 15.8. The van der Waals surface area contributed by atoms with Crippen LogP contribution in [0, 0.1) is 11.6 Å². The molecule has 1 fully saturated rings. The summed E-state index contributed by atoms with van der Waals surface area (Å²) in [4.78, 5) is 8.87. The summed E-state index contributed by atoms with van der Waals surface area (Å²) in [5, 5.41) is 14.5. The summed E-state index contributed by atoms with van der Waals surface area (Å²) < 4.78 is 27.2. The summed E-state index contributed by atoms with van der Waals surface area (Å²) in [5.74, 6) is 0.386. The van der Waals surface area contributed by atoms with Gasteiger partial charge in [0.05, 0.1) is 11.2 Å². The average Bonchev–Trinajstić information content (AvgIpc) is 3.44. The smallest absolute Gasteiger partial charge is 0.229 e. The van der Waals surface area contributed by atoms with Gasteiger partial charge in [-0.1, -0.05) is 11.6 Å². The van der Waals surface area contributed by atoms with Crippen molar-refractivity contribution in [1.29, 1.82) is 0 Å². The monoisotopic (exact) mass is 412 g/mol. The van der Waals surface area contributed by atoms with E-state index in [9.17, 15) is 8.78 Å². The van der Waals surface area contributed by atoms with Crippen LogP contribution in [-0.4, -0.2) is 20.2 Å². The Bertz CT molecular complexity index is 1220. The highest BCUT2D eigenvalue weighted by Gasteiger charge is 2.25. The Hall–Kier alpha value is -3.26. The fourth-order valence-electron chi connectivity index (χ4n) is 3.09. The first-order chi connectivity index (χ1) is 14.0. The minimum atomic E-state index is -0.735. The lowest BCUT2D eigenvalue weighted by molar-refractivity contribution is 0.586.